The van der Waals surface area contributed by atoms with Crippen molar-refractivity contribution in [3.05, 3.63) is 65.6 Å². The van der Waals surface area contributed by atoms with Crippen molar-refractivity contribution < 1.29 is 18.7 Å². The van der Waals surface area contributed by atoms with Crippen LogP contribution >= 0.6 is 0 Å². The number of benzene rings is 2. The lowest BCUT2D eigenvalue weighted by Gasteiger charge is -2.15. The van der Waals surface area contributed by atoms with Gasteiger partial charge in [0.05, 0.1) is 0 Å². The van der Waals surface area contributed by atoms with Gasteiger partial charge in [-0.25, -0.2) is 9.78 Å². The molecule has 0 spiro atoms. The Morgan fingerprint density at radius 1 is 1.11 bits per heavy atom. The highest BCUT2D eigenvalue weighted by Gasteiger charge is 2.18. The van der Waals surface area contributed by atoms with Crippen LogP contribution in [-0.4, -0.2) is 23.0 Å². The Morgan fingerprint density at radius 2 is 1.81 bits per heavy atom. The molecule has 1 aromatic heterocycles. The molecule has 0 bridgehead atoms. The summed E-state index contributed by atoms with van der Waals surface area (Å²) in [6.07, 6.45) is 1.66. The zero-order chi connectivity index (χ0) is 19.4. The molecule has 1 amide bonds. The van der Waals surface area contributed by atoms with Crippen molar-refractivity contribution in [2.24, 2.45) is 0 Å². The summed E-state index contributed by atoms with van der Waals surface area (Å²) >= 11 is 0. The molecule has 0 fully saturated rings. The number of anilines is 1. The quantitative estimate of drug-likeness (QED) is 0.546. The third kappa shape index (κ3) is 4.41. The van der Waals surface area contributed by atoms with E-state index < -0.39 is 18.0 Å². The number of nitrogens with zero attached hydrogens (tertiary/aromatic N) is 1. The number of carbonyl (C=O) groups excluding carboxylic acids is 2. The van der Waals surface area contributed by atoms with E-state index in [0.717, 1.165) is 16.8 Å². The van der Waals surface area contributed by atoms with Crippen LogP contribution in [0.2, 0.25) is 0 Å². The minimum absolute atomic E-state index is 0.292. The second-order valence-corrected chi connectivity index (χ2v) is 6.19. The standard InChI is InChI=1S/C21H20N2O4/c1-13-7-6-8-14(2)20(13)23-21(25)15(3)26-19(24)12-11-18-22-16-9-4-5-10-17(16)27-18/h4-12,15H,1-3H3,(H,23,25)/b12-11+/t15-/m1/s1. The number of hydrogen-bond acceptors (Lipinski definition) is 5. The third-order valence-electron chi connectivity index (χ3n) is 4.06. The lowest BCUT2D eigenvalue weighted by Crippen LogP contribution is -2.30. The second-order valence-electron chi connectivity index (χ2n) is 6.19. The summed E-state index contributed by atoms with van der Waals surface area (Å²) in [7, 11) is 0. The lowest BCUT2D eigenvalue weighted by molar-refractivity contribution is -0.148. The molecule has 6 nitrogen and oxygen atoms in total. The molecule has 27 heavy (non-hydrogen) atoms. The van der Waals surface area contributed by atoms with Crippen molar-refractivity contribution in [2.75, 3.05) is 5.32 Å². The average molecular weight is 364 g/mol. The van der Waals surface area contributed by atoms with Crippen LogP contribution in [0.15, 0.2) is 53.0 Å². The molecule has 138 valence electrons. The van der Waals surface area contributed by atoms with Gasteiger partial charge < -0.3 is 14.5 Å². The number of carbonyl (C=O) groups is 2. The van der Waals surface area contributed by atoms with Crippen molar-refractivity contribution in [1.82, 2.24) is 4.98 Å². The summed E-state index contributed by atoms with van der Waals surface area (Å²) < 4.78 is 10.6. The van der Waals surface area contributed by atoms with E-state index in [1.165, 1.54) is 19.1 Å². The molecule has 0 aliphatic carbocycles. The summed E-state index contributed by atoms with van der Waals surface area (Å²) in [6, 6.07) is 13.0. The predicted molar refractivity (Wildman–Crippen MR) is 103 cm³/mol. The van der Waals surface area contributed by atoms with Crippen LogP contribution in [0.3, 0.4) is 0 Å². The van der Waals surface area contributed by atoms with Crippen LogP contribution < -0.4 is 5.32 Å². The number of esters is 1. The van der Waals surface area contributed by atoms with Crippen molar-refractivity contribution in [3.63, 3.8) is 0 Å². The molecular formula is C21H20N2O4. The normalized spacial score (nSPS) is 12.3. The van der Waals surface area contributed by atoms with Gasteiger partial charge in [0, 0.05) is 17.8 Å². The van der Waals surface area contributed by atoms with Gasteiger partial charge in [0.15, 0.2) is 11.7 Å². The molecule has 0 aliphatic rings. The highest BCUT2D eigenvalue weighted by atomic mass is 16.5. The van der Waals surface area contributed by atoms with Gasteiger partial charge in [0.2, 0.25) is 5.89 Å². The van der Waals surface area contributed by atoms with E-state index in [-0.39, 0.29) is 0 Å². The Morgan fingerprint density at radius 3 is 2.52 bits per heavy atom. The monoisotopic (exact) mass is 364 g/mol. The molecular weight excluding hydrogens is 344 g/mol. The van der Waals surface area contributed by atoms with Gasteiger partial charge in [-0.3, -0.25) is 4.79 Å². The van der Waals surface area contributed by atoms with Crippen LogP contribution in [0.25, 0.3) is 17.2 Å². The smallest absolute Gasteiger partial charge is 0.331 e. The molecule has 1 heterocycles. The largest absolute Gasteiger partial charge is 0.449 e. The van der Waals surface area contributed by atoms with Gasteiger partial charge in [-0.05, 0) is 44.0 Å². The summed E-state index contributed by atoms with van der Waals surface area (Å²) in [5.74, 6) is -0.752. The summed E-state index contributed by atoms with van der Waals surface area (Å²) in [4.78, 5) is 28.5. The SMILES string of the molecule is Cc1cccc(C)c1NC(=O)[C@@H](C)OC(=O)/C=C/c1nc2ccccc2o1. The van der Waals surface area contributed by atoms with Crippen LogP contribution in [-0.2, 0) is 14.3 Å². The summed E-state index contributed by atoms with van der Waals surface area (Å²) in [6.45, 7) is 5.33. The Bertz CT molecular complexity index is 967. The number of amides is 1. The van der Waals surface area contributed by atoms with Crippen LogP contribution in [0.1, 0.15) is 23.9 Å². The molecule has 6 heteroatoms. The minimum atomic E-state index is -0.940. The Kier molecular flexibility index (Phi) is 5.35. The van der Waals surface area contributed by atoms with E-state index in [0.29, 0.717) is 17.0 Å². The number of oxazole rings is 1. The topological polar surface area (TPSA) is 81.4 Å². The van der Waals surface area contributed by atoms with E-state index in [1.807, 2.05) is 50.2 Å². The van der Waals surface area contributed by atoms with Crippen LogP contribution in [0.4, 0.5) is 5.69 Å². The molecule has 3 rings (SSSR count). The maximum absolute atomic E-state index is 12.3. The highest BCUT2D eigenvalue weighted by molar-refractivity contribution is 5.97. The Hall–Kier alpha value is -3.41. The van der Waals surface area contributed by atoms with E-state index in [1.54, 1.807) is 6.07 Å². The third-order valence-corrected chi connectivity index (χ3v) is 4.06. The molecule has 0 unspecified atom stereocenters. The fraction of sp³-hybridized carbons (Fsp3) is 0.190. The van der Waals surface area contributed by atoms with E-state index in [4.69, 9.17) is 9.15 Å². The Labute approximate surface area is 156 Å². The number of aromatic nitrogens is 1. The first-order chi connectivity index (χ1) is 12.9. The van der Waals surface area contributed by atoms with Gasteiger partial charge >= 0.3 is 5.97 Å². The van der Waals surface area contributed by atoms with Crippen molar-refractivity contribution >= 4 is 34.7 Å². The van der Waals surface area contributed by atoms with E-state index >= 15 is 0 Å². The first-order valence-electron chi connectivity index (χ1n) is 8.55. The van der Waals surface area contributed by atoms with Crippen molar-refractivity contribution in [3.8, 4) is 0 Å². The van der Waals surface area contributed by atoms with Gasteiger partial charge in [-0.1, -0.05) is 30.3 Å². The van der Waals surface area contributed by atoms with Crippen LogP contribution in [0, 0.1) is 13.8 Å². The zero-order valence-corrected chi connectivity index (χ0v) is 15.4. The molecule has 1 N–H and O–H groups in total. The fourth-order valence-corrected chi connectivity index (χ4v) is 2.60. The summed E-state index contributed by atoms with van der Waals surface area (Å²) in [5, 5.41) is 2.80. The van der Waals surface area contributed by atoms with Gasteiger partial charge in [-0.2, -0.15) is 0 Å². The molecule has 0 saturated heterocycles. The molecule has 0 radical (unpaired) electrons. The molecule has 2 aromatic carbocycles. The predicted octanol–water partition coefficient (Wildman–Crippen LogP) is 4.03. The lowest BCUT2D eigenvalue weighted by atomic mass is 10.1. The van der Waals surface area contributed by atoms with Crippen molar-refractivity contribution in [2.45, 2.75) is 26.9 Å². The molecule has 0 aliphatic heterocycles. The maximum atomic E-state index is 12.3. The molecule has 1 atom stereocenters. The second kappa shape index (κ2) is 7.86. The number of rotatable bonds is 5. The average Bonchev–Trinajstić information content (AvgIpc) is 3.06. The maximum Gasteiger partial charge on any atom is 0.331 e. The van der Waals surface area contributed by atoms with E-state index in [2.05, 4.69) is 10.3 Å². The minimum Gasteiger partial charge on any atom is -0.449 e. The van der Waals surface area contributed by atoms with Crippen molar-refractivity contribution in [1.29, 1.82) is 0 Å². The van der Waals surface area contributed by atoms with Gasteiger partial charge in [0.25, 0.3) is 5.91 Å². The summed E-state index contributed by atoms with van der Waals surface area (Å²) in [5.41, 5.74) is 3.95. The number of hydrogen-bond donors (Lipinski definition) is 1. The van der Waals surface area contributed by atoms with Crippen LogP contribution in [0.5, 0.6) is 0 Å². The van der Waals surface area contributed by atoms with Gasteiger partial charge in [-0.15, -0.1) is 0 Å². The Balaban J connectivity index is 1.60. The molecule has 3 aromatic rings. The number of para-hydroxylation sites is 3. The number of fused-ring (bicyclic) bond motifs is 1. The highest BCUT2D eigenvalue weighted by Crippen LogP contribution is 2.20. The molecule has 0 saturated carbocycles. The number of aryl methyl sites for hydroxylation is 2. The number of nitrogens with one attached hydrogen (secondary N) is 1. The van der Waals surface area contributed by atoms with E-state index in [9.17, 15) is 9.59 Å². The van der Waals surface area contributed by atoms with Gasteiger partial charge in [0.1, 0.15) is 5.52 Å². The zero-order valence-electron chi connectivity index (χ0n) is 15.4. The number of ether oxygens (including phenoxy) is 1. The first-order valence-corrected chi connectivity index (χ1v) is 8.55. The first kappa shape index (κ1) is 18.4. The fourth-order valence-electron chi connectivity index (χ4n) is 2.60.